The molecule has 11 heteroatoms. The Kier molecular flexibility index (Phi) is 4.58. The lowest BCUT2D eigenvalue weighted by Gasteiger charge is -2.31. The van der Waals surface area contributed by atoms with E-state index in [1.165, 1.54) is 0 Å². The Labute approximate surface area is 137 Å². The van der Waals surface area contributed by atoms with Gasteiger partial charge in [0.25, 0.3) is 0 Å². The maximum Gasteiger partial charge on any atom is 0.465 e. The molecule has 0 bridgehead atoms. The third-order valence-electron chi connectivity index (χ3n) is 4.42. The molecule has 0 radical (unpaired) electrons. The zero-order chi connectivity index (χ0) is 17.6. The molecule has 24 heavy (non-hydrogen) atoms. The maximum atomic E-state index is 13.0. The monoisotopic (exact) mass is 372 g/mol. The molecule has 1 saturated carbocycles. The van der Waals surface area contributed by atoms with Gasteiger partial charge in [-0.05, 0) is 12.8 Å². The first-order chi connectivity index (χ1) is 11.1. The number of hydrogen-bond acceptors (Lipinski definition) is 7. The van der Waals surface area contributed by atoms with Gasteiger partial charge in [-0.1, -0.05) is 6.42 Å². The third kappa shape index (κ3) is 3.40. The van der Waals surface area contributed by atoms with E-state index in [9.17, 15) is 22.0 Å². The molecule has 1 spiro atoms. The average molecular weight is 372 g/mol. The van der Waals surface area contributed by atoms with Crippen LogP contribution >= 0.6 is 0 Å². The highest BCUT2D eigenvalue weighted by Crippen LogP contribution is 2.42. The minimum atomic E-state index is -5.87. The fourth-order valence-corrected chi connectivity index (χ4v) is 3.33. The van der Waals surface area contributed by atoms with Crippen molar-refractivity contribution in [2.75, 3.05) is 13.2 Å². The largest absolute Gasteiger partial charge is 0.465 e. The molecule has 0 aromatic heterocycles. The maximum absolute atomic E-state index is 13.0. The van der Waals surface area contributed by atoms with Gasteiger partial charge in [0.2, 0.25) is 0 Å². The van der Waals surface area contributed by atoms with Crippen molar-refractivity contribution in [1.82, 2.24) is 0 Å². The van der Waals surface area contributed by atoms with Crippen molar-refractivity contribution < 1.29 is 45.5 Å². The number of esters is 1. The zero-order valence-corrected chi connectivity index (χ0v) is 13.5. The smallest absolute Gasteiger partial charge is 0.457 e. The third-order valence-corrected chi connectivity index (χ3v) is 5.24. The quantitative estimate of drug-likeness (QED) is 0.430. The van der Waals surface area contributed by atoms with E-state index in [2.05, 4.69) is 4.74 Å². The predicted octanol–water partition coefficient (Wildman–Crippen LogP) is 0.853. The number of rotatable bonds is 5. The fourth-order valence-electron chi connectivity index (χ4n) is 3.06. The summed E-state index contributed by atoms with van der Waals surface area (Å²) in [5.74, 6) is -2.94. The Bertz CT molecular complexity index is 601. The average Bonchev–Trinajstić information content (AvgIpc) is 3.19. The first-order valence-corrected chi connectivity index (χ1v) is 9.08. The molecule has 3 aliphatic rings. The summed E-state index contributed by atoms with van der Waals surface area (Å²) < 4.78 is 76.4. The summed E-state index contributed by atoms with van der Waals surface area (Å²) in [6, 6.07) is 0. The highest BCUT2D eigenvalue weighted by atomic mass is 32.2. The minimum Gasteiger partial charge on any atom is -0.457 e. The molecule has 8 nitrogen and oxygen atoms in total. The lowest BCUT2D eigenvalue weighted by atomic mass is 9.94. The van der Waals surface area contributed by atoms with E-state index in [1.54, 1.807) is 0 Å². The van der Waals surface area contributed by atoms with Gasteiger partial charge in [0, 0.05) is 12.8 Å². The van der Waals surface area contributed by atoms with Crippen LogP contribution in [-0.4, -0.2) is 61.5 Å². The van der Waals surface area contributed by atoms with Crippen LogP contribution in [0.2, 0.25) is 0 Å². The SMILES string of the molecule is O=C(OCC1OC1C1COC2(CCCCC2)O1)C(F)(F)S(=O)(=O)O. The molecule has 2 heterocycles. The summed E-state index contributed by atoms with van der Waals surface area (Å²) >= 11 is 0. The van der Waals surface area contributed by atoms with Gasteiger partial charge in [0.1, 0.15) is 24.9 Å². The molecule has 0 aromatic rings. The van der Waals surface area contributed by atoms with E-state index in [0.717, 1.165) is 32.1 Å². The lowest BCUT2D eigenvalue weighted by molar-refractivity contribution is -0.188. The molecule has 0 amide bonds. The Morgan fingerprint density at radius 3 is 2.58 bits per heavy atom. The summed E-state index contributed by atoms with van der Waals surface area (Å²) in [5, 5.41) is -5.00. The molecule has 3 unspecified atom stereocenters. The Balaban J connectivity index is 1.46. The van der Waals surface area contributed by atoms with Gasteiger partial charge in [0.05, 0.1) is 6.61 Å². The van der Waals surface area contributed by atoms with Crippen LogP contribution < -0.4 is 0 Å². The van der Waals surface area contributed by atoms with Gasteiger partial charge in [-0.15, -0.1) is 0 Å². The van der Waals surface area contributed by atoms with Gasteiger partial charge in [-0.3, -0.25) is 4.55 Å². The summed E-state index contributed by atoms with van der Waals surface area (Å²) in [6.45, 7) is -0.252. The second-order valence-corrected chi connectivity index (χ2v) is 7.63. The van der Waals surface area contributed by atoms with E-state index in [1.807, 2.05) is 0 Å². The second kappa shape index (κ2) is 6.13. The van der Waals surface area contributed by atoms with Crippen LogP contribution in [0, 0.1) is 0 Å². The van der Waals surface area contributed by atoms with Crippen LogP contribution in [0.4, 0.5) is 8.78 Å². The van der Waals surface area contributed by atoms with Crippen molar-refractivity contribution in [3.63, 3.8) is 0 Å². The summed E-state index contributed by atoms with van der Waals surface area (Å²) in [7, 11) is -5.87. The number of carbonyl (C=O) groups excluding carboxylic acids is 1. The molecule has 0 aromatic carbocycles. The van der Waals surface area contributed by atoms with Crippen molar-refractivity contribution in [2.45, 2.75) is 61.5 Å². The van der Waals surface area contributed by atoms with Gasteiger partial charge in [-0.2, -0.15) is 17.2 Å². The number of hydrogen-bond donors (Lipinski definition) is 1. The Morgan fingerprint density at radius 2 is 1.96 bits per heavy atom. The summed E-state index contributed by atoms with van der Waals surface area (Å²) in [5.41, 5.74) is 0. The van der Waals surface area contributed by atoms with Crippen LogP contribution in [0.5, 0.6) is 0 Å². The topological polar surface area (TPSA) is 112 Å². The van der Waals surface area contributed by atoms with Crippen molar-refractivity contribution >= 4 is 16.1 Å². The van der Waals surface area contributed by atoms with Crippen molar-refractivity contribution in [2.24, 2.45) is 0 Å². The van der Waals surface area contributed by atoms with Crippen LogP contribution in [0.15, 0.2) is 0 Å². The number of halogens is 2. The molecule has 2 aliphatic heterocycles. The van der Waals surface area contributed by atoms with Crippen LogP contribution in [0.1, 0.15) is 32.1 Å². The zero-order valence-electron chi connectivity index (χ0n) is 12.7. The highest BCUT2D eigenvalue weighted by Gasteiger charge is 2.57. The van der Waals surface area contributed by atoms with Gasteiger partial charge < -0.3 is 18.9 Å². The Hall–Kier alpha value is -0.880. The predicted molar refractivity (Wildman–Crippen MR) is 72.8 cm³/mol. The normalized spacial score (nSPS) is 32.7. The highest BCUT2D eigenvalue weighted by molar-refractivity contribution is 7.87. The number of ether oxygens (including phenoxy) is 4. The second-order valence-electron chi connectivity index (χ2n) is 6.17. The van der Waals surface area contributed by atoms with E-state index >= 15 is 0 Å². The van der Waals surface area contributed by atoms with Crippen molar-refractivity contribution in [3.8, 4) is 0 Å². The van der Waals surface area contributed by atoms with Crippen molar-refractivity contribution in [3.05, 3.63) is 0 Å². The van der Waals surface area contributed by atoms with Crippen LogP contribution in [0.25, 0.3) is 0 Å². The molecule has 3 atom stereocenters. The standard InChI is InChI=1S/C13H18F2O8S/c14-13(15,24(17,18)19)11(16)20-6-8-10(22-8)9-7-21-12(23-9)4-2-1-3-5-12/h8-10H,1-7H2,(H,17,18,19). The molecule has 3 fully saturated rings. The van der Waals surface area contributed by atoms with Gasteiger partial charge >= 0.3 is 21.3 Å². The van der Waals surface area contributed by atoms with E-state index in [0.29, 0.717) is 6.61 Å². The molecular formula is C13H18F2O8S. The summed E-state index contributed by atoms with van der Waals surface area (Å²) in [4.78, 5) is 11.1. The Morgan fingerprint density at radius 1 is 1.29 bits per heavy atom. The minimum absolute atomic E-state index is 0.302. The number of carbonyl (C=O) groups is 1. The van der Waals surface area contributed by atoms with E-state index < -0.39 is 45.9 Å². The molecule has 2 saturated heterocycles. The number of epoxide rings is 1. The van der Waals surface area contributed by atoms with E-state index in [4.69, 9.17) is 18.8 Å². The van der Waals surface area contributed by atoms with E-state index in [-0.39, 0.29) is 6.10 Å². The molecular weight excluding hydrogens is 354 g/mol. The van der Waals surface area contributed by atoms with Crippen LogP contribution in [0.3, 0.4) is 0 Å². The first-order valence-electron chi connectivity index (χ1n) is 7.64. The molecule has 138 valence electrons. The van der Waals surface area contributed by atoms with Crippen LogP contribution in [-0.2, 0) is 33.9 Å². The summed E-state index contributed by atoms with van der Waals surface area (Å²) in [6.07, 6.45) is 3.20. The first kappa shape index (κ1) is 17.9. The molecule has 1 N–H and O–H groups in total. The van der Waals surface area contributed by atoms with Crippen molar-refractivity contribution in [1.29, 1.82) is 0 Å². The number of alkyl halides is 2. The molecule has 1 aliphatic carbocycles. The fraction of sp³-hybridized carbons (Fsp3) is 0.923. The lowest BCUT2D eigenvalue weighted by Crippen LogP contribution is -2.39. The molecule has 3 rings (SSSR count). The van der Waals surface area contributed by atoms with Gasteiger partial charge in [-0.25, -0.2) is 4.79 Å². The van der Waals surface area contributed by atoms with Gasteiger partial charge in [0.15, 0.2) is 5.79 Å².